The van der Waals surface area contributed by atoms with E-state index in [-0.39, 0.29) is 0 Å². The Hall–Kier alpha value is -6.56. The van der Waals surface area contributed by atoms with E-state index in [9.17, 15) is 0 Å². The smallest absolute Gasteiger partial charge is 0.235 e. The molecule has 0 aliphatic heterocycles. The minimum absolute atomic E-state index is 0.677. The SMILES string of the molecule is c1ccc(-c2nc(-n3c4ccc(-c5cccc6c5c5ccccc5n6-c5ccccc5)cc4c4cc5ccccc5cc43)nc3ccsc23)cc1. The Morgan fingerprint density at radius 1 is 0.451 bits per heavy atom. The van der Waals surface area contributed by atoms with Crippen LogP contribution >= 0.6 is 11.3 Å². The molecule has 0 fully saturated rings. The minimum atomic E-state index is 0.677. The van der Waals surface area contributed by atoms with Gasteiger partial charge in [0.15, 0.2) is 0 Å². The van der Waals surface area contributed by atoms with E-state index >= 15 is 0 Å². The van der Waals surface area contributed by atoms with Gasteiger partial charge < -0.3 is 4.57 Å². The number of hydrogen-bond acceptors (Lipinski definition) is 3. The van der Waals surface area contributed by atoms with Crippen LogP contribution in [0.3, 0.4) is 0 Å². The van der Waals surface area contributed by atoms with Crippen LogP contribution in [0.15, 0.2) is 169 Å². The Balaban J connectivity index is 1.21. The predicted octanol–water partition coefficient (Wildman–Crippen LogP) is 12.4. The highest BCUT2D eigenvalue weighted by atomic mass is 32.1. The van der Waals surface area contributed by atoms with Crippen LogP contribution in [0.5, 0.6) is 0 Å². The van der Waals surface area contributed by atoms with Crippen molar-refractivity contribution >= 4 is 75.9 Å². The van der Waals surface area contributed by atoms with Crippen molar-refractivity contribution in [2.24, 2.45) is 0 Å². The van der Waals surface area contributed by atoms with E-state index in [1.54, 1.807) is 11.3 Å². The van der Waals surface area contributed by atoms with E-state index in [0.29, 0.717) is 5.95 Å². The predicted molar refractivity (Wildman–Crippen MR) is 214 cm³/mol. The van der Waals surface area contributed by atoms with Gasteiger partial charge in [0.1, 0.15) is 0 Å². The molecule has 7 aromatic carbocycles. The zero-order valence-corrected chi connectivity index (χ0v) is 28.2. The van der Waals surface area contributed by atoms with Crippen LogP contribution < -0.4 is 0 Å². The van der Waals surface area contributed by atoms with Crippen LogP contribution in [0.25, 0.3) is 98.6 Å². The summed E-state index contributed by atoms with van der Waals surface area (Å²) in [7, 11) is 0. The number of nitrogens with zero attached hydrogens (tertiary/aromatic N) is 4. The van der Waals surface area contributed by atoms with E-state index in [1.165, 1.54) is 54.5 Å². The van der Waals surface area contributed by atoms with Gasteiger partial charge in [0.2, 0.25) is 5.95 Å². The maximum Gasteiger partial charge on any atom is 0.235 e. The monoisotopic (exact) mass is 668 g/mol. The van der Waals surface area contributed by atoms with Gasteiger partial charge in [-0.2, -0.15) is 0 Å². The number of para-hydroxylation sites is 2. The molecule has 0 bridgehead atoms. The lowest BCUT2D eigenvalue weighted by Crippen LogP contribution is -2.02. The Bertz CT molecular complexity index is 3130. The zero-order valence-electron chi connectivity index (χ0n) is 27.4. The average Bonchev–Trinajstić information content (AvgIpc) is 3.89. The zero-order chi connectivity index (χ0) is 33.5. The van der Waals surface area contributed by atoms with Crippen molar-refractivity contribution in [1.82, 2.24) is 19.1 Å². The molecule has 0 aliphatic rings. The molecule has 4 aromatic heterocycles. The third-order valence-corrected chi connectivity index (χ3v) is 11.1. The largest absolute Gasteiger partial charge is 0.309 e. The van der Waals surface area contributed by atoms with Gasteiger partial charge in [-0.05, 0) is 81.9 Å². The molecule has 0 N–H and O–H groups in total. The maximum absolute atomic E-state index is 5.31. The van der Waals surface area contributed by atoms with Crippen molar-refractivity contribution in [3.63, 3.8) is 0 Å². The third-order valence-electron chi connectivity index (χ3n) is 10.2. The highest BCUT2D eigenvalue weighted by Gasteiger charge is 2.21. The lowest BCUT2D eigenvalue weighted by molar-refractivity contribution is 1.02. The first kappa shape index (κ1) is 28.3. The number of hydrogen-bond donors (Lipinski definition) is 0. The highest BCUT2D eigenvalue weighted by Crippen LogP contribution is 2.42. The summed E-state index contributed by atoms with van der Waals surface area (Å²) in [5.74, 6) is 0.677. The van der Waals surface area contributed by atoms with Gasteiger partial charge in [-0.1, -0.05) is 109 Å². The summed E-state index contributed by atoms with van der Waals surface area (Å²) in [5, 5.41) is 9.35. The van der Waals surface area contributed by atoms with Gasteiger partial charge in [0.05, 0.1) is 38.0 Å². The summed E-state index contributed by atoms with van der Waals surface area (Å²) in [5.41, 5.74) is 11.1. The molecular weight excluding hydrogens is 641 g/mol. The van der Waals surface area contributed by atoms with Gasteiger partial charge in [0.25, 0.3) is 0 Å². The highest BCUT2D eigenvalue weighted by molar-refractivity contribution is 7.17. The number of thiophene rings is 1. The molecule has 0 saturated carbocycles. The molecule has 0 radical (unpaired) electrons. The van der Waals surface area contributed by atoms with Crippen molar-refractivity contribution in [3.05, 3.63) is 169 Å². The molecule has 4 nitrogen and oxygen atoms in total. The van der Waals surface area contributed by atoms with Gasteiger partial charge in [0, 0.05) is 32.8 Å². The molecule has 0 amide bonds. The van der Waals surface area contributed by atoms with Crippen LogP contribution in [-0.2, 0) is 0 Å². The summed E-state index contributed by atoms with van der Waals surface area (Å²) >= 11 is 1.69. The quantitative estimate of drug-likeness (QED) is 0.187. The van der Waals surface area contributed by atoms with Gasteiger partial charge >= 0.3 is 0 Å². The van der Waals surface area contributed by atoms with Gasteiger partial charge in [-0.15, -0.1) is 11.3 Å². The fourth-order valence-corrected chi connectivity index (χ4v) is 8.79. The molecule has 11 rings (SSSR count). The second-order valence-electron chi connectivity index (χ2n) is 13.0. The molecule has 0 aliphatic carbocycles. The van der Waals surface area contributed by atoms with Crippen molar-refractivity contribution in [2.75, 3.05) is 0 Å². The number of aromatic nitrogens is 4. The lowest BCUT2D eigenvalue weighted by Gasteiger charge is -2.11. The van der Waals surface area contributed by atoms with E-state index in [0.717, 1.165) is 38.2 Å². The molecule has 0 spiro atoms. The van der Waals surface area contributed by atoms with Crippen molar-refractivity contribution in [2.45, 2.75) is 0 Å². The molecule has 0 atom stereocenters. The molecule has 51 heavy (non-hydrogen) atoms. The molecule has 0 unspecified atom stereocenters. The normalized spacial score (nSPS) is 11.9. The Labute approximate surface area is 297 Å². The first-order valence-corrected chi connectivity index (χ1v) is 18.0. The van der Waals surface area contributed by atoms with Crippen molar-refractivity contribution in [1.29, 1.82) is 0 Å². The standard InChI is InChI=1S/C46H28N4S/c1-3-12-29(13-4-1)44-45-38(24-25-51-45)47-46(48-44)50-40-23-22-32(27-36(40)37-26-30-14-7-8-15-31(30)28-42(37)50)34-19-11-21-41-43(34)35-18-9-10-20-39(35)49(41)33-16-5-2-6-17-33/h1-28H. The van der Waals surface area contributed by atoms with Gasteiger partial charge in [-0.25, -0.2) is 9.97 Å². The molecule has 11 aromatic rings. The average molecular weight is 669 g/mol. The Kier molecular flexibility index (Phi) is 6.09. The summed E-state index contributed by atoms with van der Waals surface area (Å²) in [6.45, 7) is 0. The first-order valence-electron chi connectivity index (χ1n) is 17.2. The topological polar surface area (TPSA) is 35.6 Å². The van der Waals surface area contributed by atoms with E-state index in [2.05, 4.69) is 172 Å². The van der Waals surface area contributed by atoms with E-state index in [1.807, 2.05) is 6.07 Å². The summed E-state index contributed by atoms with van der Waals surface area (Å²) in [6.07, 6.45) is 0. The van der Waals surface area contributed by atoms with E-state index < -0.39 is 0 Å². The second-order valence-corrected chi connectivity index (χ2v) is 14.0. The Morgan fingerprint density at radius 3 is 2.02 bits per heavy atom. The molecule has 5 heteroatoms. The fraction of sp³-hybridized carbons (Fsp3) is 0. The van der Waals surface area contributed by atoms with E-state index in [4.69, 9.17) is 9.97 Å². The second kappa shape index (κ2) is 11.0. The molecule has 0 saturated heterocycles. The molecule has 4 heterocycles. The van der Waals surface area contributed by atoms with Crippen LogP contribution in [0.4, 0.5) is 0 Å². The fourth-order valence-electron chi connectivity index (χ4n) is 7.95. The van der Waals surface area contributed by atoms with Crippen molar-refractivity contribution in [3.8, 4) is 34.0 Å². The minimum Gasteiger partial charge on any atom is -0.309 e. The third kappa shape index (κ3) is 4.25. The number of rotatable bonds is 4. The summed E-state index contributed by atoms with van der Waals surface area (Å²) in [6, 6.07) is 58.8. The number of fused-ring (bicyclic) bond motifs is 8. The van der Waals surface area contributed by atoms with Gasteiger partial charge in [-0.3, -0.25) is 4.57 Å². The van der Waals surface area contributed by atoms with Crippen LogP contribution in [0, 0.1) is 0 Å². The lowest BCUT2D eigenvalue weighted by atomic mass is 9.97. The van der Waals surface area contributed by atoms with Crippen LogP contribution in [0.1, 0.15) is 0 Å². The molecular formula is C46H28N4S. The van der Waals surface area contributed by atoms with Crippen LogP contribution in [-0.4, -0.2) is 19.1 Å². The van der Waals surface area contributed by atoms with Crippen LogP contribution in [0.2, 0.25) is 0 Å². The summed E-state index contributed by atoms with van der Waals surface area (Å²) in [4.78, 5) is 10.5. The maximum atomic E-state index is 5.31. The first-order chi connectivity index (χ1) is 25.3. The van der Waals surface area contributed by atoms with Crippen molar-refractivity contribution < 1.29 is 0 Å². The molecule has 238 valence electrons. The number of benzene rings is 7. The summed E-state index contributed by atoms with van der Waals surface area (Å²) < 4.78 is 5.74. The Morgan fingerprint density at radius 2 is 1.16 bits per heavy atom.